The van der Waals surface area contributed by atoms with Gasteiger partial charge < -0.3 is 15.3 Å². The number of para-hydroxylation sites is 1. The van der Waals surface area contributed by atoms with Gasteiger partial charge in [0.2, 0.25) is 5.91 Å². The highest BCUT2D eigenvalue weighted by atomic mass is 16.3. The van der Waals surface area contributed by atoms with Crippen molar-refractivity contribution >= 4 is 11.6 Å². The van der Waals surface area contributed by atoms with E-state index in [1.165, 1.54) is 0 Å². The van der Waals surface area contributed by atoms with Crippen LogP contribution in [0.3, 0.4) is 0 Å². The van der Waals surface area contributed by atoms with E-state index in [-0.39, 0.29) is 24.0 Å². The summed E-state index contributed by atoms with van der Waals surface area (Å²) in [5.74, 6) is 0.0662. The van der Waals surface area contributed by atoms with Gasteiger partial charge in [-0.3, -0.25) is 4.79 Å². The Morgan fingerprint density at radius 1 is 1.24 bits per heavy atom. The summed E-state index contributed by atoms with van der Waals surface area (Å²) in [5, 5.41) is 13.5. The zero-order valence-corrected chi connectivity index (χ0v) is 12.6. The van der Waals surface area contributed by atoms with Crippen molar-refractivity contribution in [3.8, 4) is 0 Å². The minimum Gasteiger partial charge on any atom is -0.391 e. The molecule has 4 heteroatoms. The molecule has 4 nitrogen and oxygen atoms in total. The van der Waals surface area contributed by atoms with Crippen molar-refractivity contribution in [2.45, 2.75) is 50.2 Å². The molecule has 0 radical (unpaired) electrons. The maximum atomic E-state index is 12.9. The van der Waals surface area contributed by atoms with Gasteiger partial charge in [-0.2, -0.15) is 0 Å². The summed E-state index contributed by atoms with van der Waals surface area (Å²) in [4.78, 5) is 14.7. The lowest BCUT2D eigenvalue weighted by atomic mass is 9.87. The number of anilines is 1. The van der Waals surface area contributed by atoms with Crippen LogP contribution in [0.4, 0.5) is 5.69 Å². The molecule has 114 valence electrons. The Kier molecular flexibility index (Phi) is 4.15. The first kappa shape index (κ1) is 14.4. The van der Waals surface area contributed by atoms with E-state index in [0.29, 0.717) is 0 Å². The number of aliphatic hydroxyl groups is 1. The minimum atomic E-state index is -0.371. The smallest absolute Gasteiger partial charge is 0.230 e. The molecule has 1 aromatic rings. The lowest BCUT2D eigenvalue weighted by molar-refractivity contribution is -0.137. The van der Waals surface area contributed by atoms with Crippen molar-refractivity contribution in [2.75, 3.05) is 18.9 Å². The number of carbonyl (C=O) groups excluding carboxylic acids is 1. The monoisotopic (exact) mass is 288 g/mol. The molecule has 0 bridgehead atoms. The van der Waals surface area contributed by atoms with Gasteiger partial charge in [-0.25, -0.2) is 0 Å². The van der Waals surface area contributed by atoms with Crippen molar-refractivity contribution in [2.24, 2.45) is 0 Å². The van der Waals surface area contributed by atoms with Crippen molar-refractivity contribution in [1.29, 1.82) is 0 Å². The molecular formula is C17H24N2O2. The number of aliphatic hydroxyl groups excluding tert-OH is 1. The van der Waals surface area contributed by atoms with Crippen LogP contribution in [-0.4, -0.2) is 41.7 Å². The SMILES string of the molecule is CN(C(=O)C1CCNc2ccccc21)C1CCCCC1O. The van der Waals surface area contributed by atoms with E-state index in [1.54, 1.807) is 4.90 Å². The highest BCUT2D eigenvalue weighted by molar-refractivity contribution is 5.86. The van der Waals surface area contributed by atoms with Crippen LogP contribution >= 0.6 is 0 Å². The maximum Gasteiger partial charge on any atom is 0.230 e. The average Bonchev–Trinajstić information content (AvgIpc) is 2.53. The summed E-state index contributed by atoms with van der Waals surface area (Å²) >= 11 is 0. The molecule has 3 atom stereocenters. The van der Waals surface area contributed by atoms with Crippen LogP contribution in [0.1, 0.15) is 43.6 Å². The lowest BCUT2D eigenvalue weighted by Gasteiger charge is -2.38. The zero-order valence-electron chi connectivity index (χ0n) is 12.6. The van der Waals surface area contributed by atoms with Crippen LogP contribution in [0.2, 0.25) is 0 Å². The van der Waals surface area contributed by atoms with Crippen LogP contribution < -0.4 is 5.32 Å². The van der Waals surface area contributed by atoms with Gasteiger partial charge in [-0.05, 0) is 30.9 Å². The highest BCUT2D eigenvalue weighted by Gasteiger charge is 2.34. The number of benzene rings is 1. The highest BCUT2D eigenvalue weighted by Crippen LogP contribution is 2.34. The molecule has 1 aliphatic heterocycles. The first-order valence-corrected chi connectivity index (χ1v) is 7.96. The normalized spacial score (nSPS) is 28.4. The van der Waals surface area contributed by atoms with Crippen LogP contribution in [-0.2, 0) is 4.79 Å². The Hall–Kier alpha value is -1.55. The summed E-state index contributed by atoms with van der Waals surface area (Å²) in [6, 6.07) is 8.03. The maximum absolute atomic E-state index is 12.9. The Bertz CT molecular complexity index is 517. The third kappa shape index (κ3) is 2.77. The first-order valence-electron chi connectivity index (χ1n) is 7.96. The molecule has 1 amide bonds. The Labute approximate surface area is 126 Å². The first-order chi connectivity index (χ1) is 10.2. The summed E-state index contributed by atoms with van der Waals surface area (Å²) in [5.41, 5.74) is 2.16. The third-order valence-electron chi connectivity index (χ3n) is 4.92. The van der Waals surface area contributed by atoms with Crippen molar-refractivity contribution in [1.82, 2.24) is 4.90 Å². The van der Waals surface area contributed by atoms with E-state index in [1.807, 2.05) is 31.3 Å². The van der Waals surface area contributed by atoms with Crippen LogP contribution in [0, 0.1) is 0 Å². The number of likely N-dealkylation sites (N-methyl/N-ethyl adjacent to an activating group) is 1. The summed E-state index contributed by atoms with van der Waals surface area (Å²) in [6.07, 6.45) is 4.34. The fraction of sp³-hybridized carbons (Fsp3) is 0.588. The van der Waals surface area contributed by atoms with Crippen LogP contribution in [0.5, 0.6) is 0 Å². The number of nitrogens with one attached hydrogen (secondary N) is 1. The molecule has 1 fully saturated rings. The number of hydrogen-bond acceptors (Lipinski definition) is 3. The second-order valence-corrected chi connectivity index (χ2v) is 6.22. The largest absolute Gasteiger partial charge is 0.391 e. The van der Waals surface area contributed by atoms with Crippen molar-refractivity contribution < 1.29 is 9.90 Å². The van der Waals surface area contributed by atoms with Crippen molar-refractivity contribution in [3.63, 3.8) is 0 Å². The molecule has 0 aromatic heterocycles. The summed E-state index contributed by atoms with van der Waals surface area (Å²) in [6.45, 7) is 0.828. The zero-order chi connectivity index (χ0) is 14.8. The van der Waals surface area contributed by atoms with E-state index < -0.39 is 0 Å². The number of fused-ring (bicyclic) bond motifs is 1. The number of carbonyl (C=O) groups is 1. The van der Waals surface area contributed by atoms with E-state index in [9.17, 15) is 9.90 Å². The van der Waals surface area contributed by atoms with Gasteiger partial charge in [0.05, 0.1) is 18.1 Å². The molecule has 3 unspecified atom stereocenters. The number of hydrogen-bond donors (Lipinski definition) is 2. The average molecular weight is 288 g/mol. The predicted octanol–water partition coefficient (Wildman–Crippen LogP) is 2.35. The van der Waals surface area contributed by atoms with Crippen LogP contribution in [0.15, 0.2) is 24.3 Å². The molecule has 0 saturated heterocycles. The van der Waals surface area contributed by atoms with E-state index in [0.717, 1.165) is 49.9 Å². The standard InChI is InChI=1S/C17H24N2O2/c1-19(15-8-4-5-9-16(15)20)17(21)13-10-11-18-14-7-3-2-6-12(13)14/h2-3,6-7,13,15-16,18,20H,4-5,8-11H2,1H3. The minimum absolute atomic E-state index is 0.0201. The second-order valence-electron chi connectivity index (χ2n) is 6.22. The quantitative estimate of drug-likeness (QED) is 0.878. The molecule has 1 aliphatic carbocycles. The van der Waals surface area contributed by atoms with E-state index in [4.69, 9.17) is 0 Å². The Balaban J connectivity index is 1.79. The molecule has 2 aliphatic rings. The van der Waals surface area contributed by atoms with Crippen molar-refractivity contribution in [3.05, 3.63) is 29.8 Å². The number of amides is 1. The molecule has 2 N–H and O–H groups in total. The Morgan fingerprint density at radius 3 is 2.81 bits per heavy atom. The molecule has 3 rings (SSSR count). The molecule has 1 aromatic carbocycles. The fourth-order valence-corrected chi connectivity index (χ4v) is 3.68. The van der Waals surface area contributed by atoms with Gasteiger partial charge in [0.25, 0.3) is 0 Å². The van der Waals surface area contributed by atoms with Gasteiger partial charge >= 0.3 is 0 Å². The third-order valence-corrected chi connectivity index (χ3v) is 4.92. The van der Waals surface area contributed by atoms with E-state index in [2.05, 4.69) is 5.32 Å². The molecule has 1 saturated carbocycles. The summed E-state index contributed by atoms with van der Waals surface area (Å²) in [7, 11) is 1.85. The Morgan fingerprint density at radius 2 is 2.00 bits per heavy atom. The topological polar surface area (TPSA) is 52.6 Å². The van der Waals surface area contributed by atoms with Gasteiger partial charge in [0, 0.05) is 19.3 Å². The molecule has 1 heterocycles. The van der Waals surface area contributed by atoms with Gasteiger partial charge in [0.15, 0.2) is 0 Å². The molecule has 21 heavy (non-hydrogen) atoms. The van der Waals surface area contributed by atoms with Gasteiger partial charge in [0.1, 0.15) is 0 Å². The fourth-order valence-electron chi connectivity index (χ4n) is 3.68. The second kappa shape index (κ2) is 6.06. The van der Waals surface area contributed by atoms with Gasteiger partial charge in [-0.1, -0.05) is 31.0 Å². The predicted molar refractivity (Wildman–Crippen MR) is 83.3 cm³/mol. The van der Waals surface area contributed by atoms with Crippen LogP contribution in [0.25, 0.3) is 0 Å². The number of nitrogens with zero attached hydrogens (tertiary/aromatic N) is 1. The number of rotatable bonds is 2. The van der Waals surface area contributed by atoms with E-state index >= 15 is 0 Å². The molecule has 0 spiro atoms. The lowest BCUT2D eigenvalue weighted by Crippen LogP contribution is -2.48. The molecular weight excluding hydrogens is 264 g/mol. The summed E-state index contributed by atoms with van der Waals surface area (Å²) < 4.78 is 0. The van der Waals surface area contributed by atoms with Gasteiger partial charge in [-0.15, -0.1) is 0 Å².